The molecule has 0 unspecified atom stereocenters. The molecule has 2 aromatic rings. The topological polar surface area (TPSA) is 56.3 Å². The van der Waals surface area contributed by atoms with Gasteiger partial charge in [0.15, 0.2) is 9.95 Å². The lowest BCUT2D eigenvalue weighted by atomic mass is 10.0. The first-order valence-corrected chi connectivity index (χ1v) is 5.20. The molecule has 96 valence electrons. The minimum Gasteiger partial charge on any atom is -1.00 e. The molecule has 6 heteroatoms. The Labute approximate surface area is 108 Å². The molecule has 0 aromatic heterocycles. The number of halogens is 2. The van der Waals surface area contributed by atoms with Crippen molar-refractivity contribution in [2.24, 2.45) is 0 Å². The van der Waals surface area contributed by atoms with Crippen LogP contribution in [0.5, 0.6) is 0 Å². The zero-order valence-electron chi connectivity index (χ0n) is 9.87. The highest BCUT2D eigenvalue weighted by Crippen LogP contribution is 2.18. The lowest BCUT2D eigenvalue weighted by Crippen LogP contribution is -3.00. The predicted octanol–water partition coefficient (Wildman–Crippen LogP) is -1.75. The van der Waals surface area contributed by atoms with Crippen molar-refractivity contribution in [3.63, 3.8) is 0 Å². The number of diazo groups is 2. The van der Waals surface area contributed by atoms with Gasteiger partial charge in [0.2, 0.25) is 10.8 Å². The summed E-state index contributed by atoms with van der Waals surface area (Å²) in [5.74, 6) is 0. The van der Waals surface area contributed by atoms with Gasteiger partial charge in [-0.3, -0.25) is 0 Å². The molecule has 0 saturated carbocycles. The molecule has 0 spiro atoms. The first-order valence-electron chi connectivity index (χ1n) is 5.20. The van der Waals surface area contributed by atoms with E-state index in [9.17, 15) is 0 Å². The largest absolute Gasteiger partial charge is 1.00 e. The molecule has 2 rings (SSSR count). The molecule has 0 aliphatic rings. The van der Waals surface area contributed by atoms with Crippen molar-refractivity contribution in [3.05, 3.63) is 69.6 Å². The summed E-state index contributed by atoms with van der Waals surface area (Å²) in [6.07, 6.45) is 0.789. The average molecular weight is 260 g/mol. The maximum atomic E-state index is 8.57. The molecule has 19 heavy (non-hydrogen) atoms. The fourth-order valence-electron chi connectivity index (χ4n) is 1.60. The zero-order valence-corrected chi connectivity index (χ0v) is 9.87. The first-order chi connectivity index (χ1) is 8.31. The highest BCUT2D eigenvalue weighted by Gasteiger charge is 2.05. The summed E-state index contributed by atoms with van der Waals surface area (Å²) in [5, 5.41) is 17.1. The molecule has 0 bridgehead atoms. The number of hydrogen-bond acceptors (Lipinski definition) is 2. The minimum atomic E-state index is 0. The van der Waals surface area contributed by atoms with Crippen molar-refractivity contribution in [3.8, 4) is 0 Å². The Hall–Kier alpha value is -2.86. The Morgan fingerprint density at radius 1 is 0.632 bits per heavy atom. The second-order valence-electron chi connectivity index (χ2n) is 3.71. The Bertz CT molecular complexity index is 539. The van der Waals surface area contributed by atoms with Gasteiger partial charge in [-0.2, -0.15) is 0 Å². The third-order valence-corrected chi connectivity index (χ3v) is 2.51. The molecule has 0 atom stereocenters. The van der Waals surface area contributed by atoms with Crippen LogP contribution in [-0.2, 0) is 6.42 Å². The van der Waals surface area contributed by atoms with Crippen LogP contribution in [0.15, 0.2) is 48.5 Å². The van der Waals surface area contributed by atoms with Gasteiger partial charge < -0.3 is 9.41 Å². The van der Waals surface area contributed by atoms with E-state index in [2.05, 4.69) is 9.95 Å². The van der Waals surface area contributed by atoms with Crippen LogP contribution in [0.2, 0.25) is 0 Å². The van der Waals surface area contributed by atoms with Crippen molar-refractivity contribution in [1.29, 1.82) is 10.8 Å². The van der Waals surface area contributed by atoms with Gasteiger partial charge in [0.05, 0.1) is 0 Å². The standard InChI is InChI=1S/C13H10N4.2FH/c14-16-12-5-1-10(2-6-12)9-11-3-7-13(17-15)8-4-11;;/h1-8H,9H2;2*1H/q+2;;/p-2. The normalized spacial score (nSPS) is 8.32. The van der Waals surface area contributed by atoms with Gasteiger partial charge in [-0.1, -0.05) is 24.3 Å². The van der Waals surface area contributed by atoms with Crippen LogP contribution in [0.3, 0.4) is 0 Å². The molecule has 0 amide bonds. The van der Waals surface area contributed by atoms with Crippen molar-refractivity contribution in [1.82, 2.24) is 0 Å². The fraction of sp³-hybridized carbons (Fsp3) is 0.0769. The first kappa shape index (κ1) is 16.1. The summed E-state index contributed by atoms with van der Waals surface area (Å²) in [6.45, 7) is 0. The number of nitrogens with zero attached hydrogens (tertiary/aromatic N) is 4. The highest BCUT2D eigenvalue weighted by atomic mass is 19.0. The van der Waals surface area contributed by atoms with E-state index in [1.807, 2.05) is 24.3 Å². The molecule has 2 aromatic carbocycles. The van der Waals surface area contributed by atoms with E-state index in [1.165, 1.54) is 0 Å². The Morgan fingerprint density at radius 2 is 0.947 bits per heavy atom. The summed E-state index contributed by atoms with van der Waals surface area (Å²) in [4.78, 5) is 6.20. The van der Waals surface area contributed by atoms with Crippen LogP contribution >= 0.6 is 0 Å². The lowest BCUT2D eigenvalue weighted by Gasteiger charge is -1.99. The molecule has 4 nitrogen and oxygen atoms in total. The van der Waals surface area contributed by atoms with Crippen molar-refractivity contribution in [2.75, 3.05) is 0 Å². The lowest BCUT2D eigenvalue weighted by molar-refractivity contribution is -0.001000. The van der Waals surface area contributed by atoms with E-state index in [0.29, 0.717) is 11.4 Å². The third kappa shape index (κ3) is 4.14. The van der Waals surface area contributed by atoms with E-state index in [4.69, 9.17) is 10.8 Å². The Kier molecular flexibility index (Phi) is 6.34. The van der Waals surface area contributed by atoms with Crippen molar-refractivity contribution in [2.45, 2.75) is 6.42 Å². The van der Waals surface area contributed by atoms with Gasteiger partial charge in [0.1, 0.15) is 0 Å². The van der Waals surface area contributed by atoms with Crippen LogP contribution in [-0.4, -0.2) is 0 Å². The van der Waals surface area contributed by atoms with E-state index in [-0.39, 0.29) is 9.41 Å². The third-order valence-electron chi connectivity index (χ3n) is 2.51. The molecular formula is C13H10F2N4. The van der Waals surface area contributed by atoms with Gasteiger partial charge in [-0.15, -0.1) is 0 Å². The van der Waals surface area contributed by atoms with Gasteiger partial charge in [-0.25, -0.2) is 0 Å². The molecule has 0 fully saturated rings. The Morgan fingerprint density at radius 3 is 1.21 bits per heavy atom. The van der Waals surface area contributed by atoms with Crippen LogP contribution < -0.4 is 9.41 Å². The summed E-state index contributed by atoms with van der Waals surface area (Å²) >= 11 is 0. The van der Waals surface area contributed by atoms with Crippen LogP contribution in [0.25, 0.3) is 9.95 Å². The van der Waals surface area contributed by atoms with Crippen LogP contribution in [0.1, 0.15) is 11.1 Å². The van der Waals surface area contributed by atoms with Gasteiger partial charge >= 0.3 is 11.4 Å². The molecule has 0 saturated heterocycles. The van der Waals surface area contributed by atoms with Crippen molar-refractivity contribution < 1.29 is 9.41 Å². The van der Waals surface area contributed by atoms with E-state index in [0.717, 1.165) is 17.5 Å². The summed E-state index contributed by atoms with van der Waals surface area (Å²) in [5.41, 5.74) is 3.35. The van der Waals surface area contributed by atoms with Gasteiger partial charge in [0, 0.05) is 24.3 Å². The van der Waals surface area contributed by atoms with Crippen LogP contribution in [0.4, 0.5) is 11.4 Å². The molecule has 0 radical (unpaired) electrons. The molecule has 0 aliphatic carbocycles. The predicted molar refractivity (Wildman–Crippen MR) is 65.2 cm³/mol. The smallest absolute Gasteiger partial charge is 0.385 e. The van der Waals surface area contributed by atoms with E-state index in [1.54, 1.807) is 24.3 Å². The number of rotatable bonds is 2. The molecule has 0 heterocycles. The molecular weight excluding hydrogens is 250 g/mol. The number of hydrogen-bond donors (Lipinski definition) is 0. The molecule has 0 aliphatic heterocycles. The van der Waals surface area contributed by atoms with E-state index >= 15 is 0 Å². The summed E-state index contributed by atoms with van der Waals surface area (Å²) in [6, 6.07) is 14.7. The summed E-state index contributed by atoms with van der Waals surface area (Å²) < 4.78 is 0. The maximum Gasteiger partial charge on any atom is 0.385 e. The van der Waals surface area contributed by atoms with Crippen molar-refractivity contribution >= 4 is 11.4 Å². The minimum absolute atomic E-state index is 0. The average Bonchev–Trinajstić information content (AvgIpc) is 2.40. The zero-order chi connectivity index (χ0) is 12.1. The SMILES string of the molecule is N#[N+]c1ccc(Cc2ccc([N+]#N)cc2)cc1.[F-].[F-]. The molecule has 0 N–H and O–H groups in total. The number of benzene rings is 2. The fourth-order valence-corrected chi connectivity index (χ4v) is 1.60. The van der Waals surface area contributed by atoms with E-state index < -0.39 is 0 Å². The monoisotopic (exact) mass is 260 g/mol. The van der Waals surface area contributed by atoms with Gasteiger partial charge in [-0.05, 0) is 17.5 Å². The van der Waals surface area contributed by atoms with Gasteiger partial charge in [0.25, 0.3) is 0 Å². The second kappa shape index (κ2) is 7.46. The summed E-state index contributed by atoms with van der Waals surface area (Å²) in [7, 11) is 0. The highest BCUT2D eigenvalue weighted by molar-refractivity contribution is 5.47. The maximum absolute atomic E-state index is 8.57. The quantitative estimate of drug-likeness (QED) is 0.602. The second-order valence-corrected chi connectivity index (χ2v) is 3.71. The van der Waals surface area contributed by atoms with Crippen LogP contribution in [0, 0.1) is 10.8 Å². The Balaban J connectivity index is 0.00000162.